The first-order chi connectivity index (χ1) is 8.71. The molecule has 1 N–H and O–H groups in total. The SMILES string of the molecule is O=C(ON1CC(O)(c2ccc(Cl)cc2)C1)C(F)(F)F. The van der Waals surface area contributed by atoms with Crippen LogP contribution in [0.25, 0.3) is 0 Å². The Morgan fingerprint density at radius 3 is 2.32 bits per heavy atom. The van der Waals surface area contributed by atoms with Crippen LogP contribution in [-0.4, -0.2) is 35.4 Å². The van der Waals surface area contributed by atoms with Gasteiger partial charge in [0.15, 0.2) is 0 Å². The summed E-state index contributed by atoms with van der Waals surface area (Å²) < 4.78 is 35.9. The van der Waals surface area contributed by atoms with E-state index in [-0.39, 0.29) is 13.1 Å². The molecule has 1 fully saturated rings. The van der Waals surface area contributed by atoms with Crippen LogP contribution in [0.5, 0.6) is 0 Å². The summed E-state index contributed by atoms with van der Waals surface area (Å²) in [6.45, 7) is -0.451. The third-order valence-electron chi connectivity index (χ3n) is 2.70. The fourth-order valence-electron chi connectivity index (χ4n) is 1.71. The van der Waals surface area contributed by atoms with Crippen molar-refractivity contribution in [1.29, 1.82) is 0 Å². The molecule has 0 aliphatic carbocycles. The van der Waals surface area contributed by atoms with E-state index in [1.165, 1.54) is 0 Å². The number of carbonyl (C=O) groups is 1. The summed E-state index contributed by atoms with van der Waals surface area (Å²) in [5.74, 6) is -2.30. The van der Waals surface area contributed by atoms with E-state index in [0.29, 0.717) is 10.6 Å². The molecule has 1 heterocycles. The molecular weight excluding hydrogens is 287 g/mol. The normalized spacial score (nSPS) is 18.8. The second kappa shape index (κ2) is 4.66. The average Bonchev–Trinajstić information content (AvgIpc) is 2.26. The molecule has 1 aromatic carbocycles. The summed E-state index contributed by atoms with van der Waals surface area (Å²) >= 11 is 5.68. The van der Waals surface area contributed by atoms with Crippen LogP contribution in [-0.2, 0) is 15.2 Å². The number of aliphatic hydroxyl groups is 1. The number of halogens is 4. The van der Waals surface area contributed by atoms with Crippen molar-refractivity contribution in [2.45, 2.75) is 11.8 Å². The summed E-state index contributed by atoms with van der Waals surface area (Å²) in [6.07, 6.45) is -5.05. The van der Waals surface area contributed by atoms with Gasteiger partial charge in [-0.1, -0.05) is 23.7 Å². The summed E-state index contributed by atoms with van der Waals surface area (Å²) in [4.78, 5) is 14.6. The Morgan fingerprint density at radius 1 is 1.32 bits per heavy atom. The monoisotopic (exact) mass is 295 g/mol. The standard InChI is InChI=1S/C11H9ClF3NO3/c12-8-3-1-7(2-4-8)10(18)5-16(6-10)19-9(17)11(13,14)15/h1-4,18H,5-6H2. The molecule has 1 aliphatic rings. The quantitative estimate of drug-likeness (QED) is 0.905. The maximum atomic E-state index is 12.0. The van der Waals surface area contributed by atoms with Gasteiger partial charge in [-0.05, 0) is 17.7 Å². The van der Waals surface area contributed by atoms with Crippen molar-refractivity contribution in [2.24, 2.45) is 0 Å². The van der Waals surface area contributed by atoms with Crippen molar-refractivity contribution in [3.8, 4) is 0 Å². The molecule has 4 nitrogen and oxygen atoms in total. The van der Waals surface area contributed by atoms with Crippen molar-refractivity contribution in [3.63, 3.8) is 0 Å². The predicted octanol–water partition coefficient (Wildman–Crippen LogP) is 1.86. The second-order valence-electron chi connectivity index (χ2n) is 4.21. The van der Waals surface area contributed by atoms with E-state index in [0.717, 1.165) is 5.06 Å². The first-order valence-corrected chi connectivity index (χ1v) is 5.61. The molecule has 0 spiro atoms. The van der Waals surface area contributed by atoms with Gasteiger partial charge in [0.25, 0.3) is 0 Å². The van der Waals surface area contributed by atoms with Crippen LogP contribution >= 0.6 is 11.6 Å². The van der Waals surface area contributed by atoms with Gasteiger partial charge in [-0.15, -0.1) is 5.06 Å². The molecule has 19 heavy (non-hydrogen) atoms. The van der Waals surface area contributed by atoms with Crippen molar-refractivity contribution in [3.05, 3.63) is 34.9 Å². The highest BCUT2D eigenvalue weighted by Gasteiger charge is 2.49. The molecule has 0 bridgehead atoms. The molecule has 0 unspecified atom stereocenters. The zero-order valence-corrected chi connectivity index (χ0v) is 10.2. The van der Waals surface area contributed by atoms with Crippen LogP contribution in [0.4, 0.5) is 13.2 Å². The number of β-amino-alcohol motifs (C(OH)–C–C–N with tert-alkyl or cyclic N) is 1. The van der Waals surface area contributed by atoms with Crippen molar-refractivity contribution >= 4 is 17.6 Å². The topological polar surface area (TPSA) is 49.8 Å². The fraction of sp³-hybridized carbons (Fsp3) is 0.364. The van der Waals surface area contributed by atoms with Gasteiger partial charge < -0.3 is 9.94 Å². The summed E-state index contributed by atoms with van der Waals surface area (Å²) in [6, 6.07) is 6.23. The van der Waals surface area contributed by atoms with Crippen LogP contribution in [0, 0.1) is 0 Å². The lowest BCUT2D eigenvalue weighted by Gasteiger charge is -2.44. The van der Waals surface area contributed by atoms with E-state index in [9.17, 15) is 23.1 Å². The number of rotatable bonds is 2. The van der Waals surface area contributed by atoms with Crippen molar-refractivity contribution in [2.75, 3.05) is 13.1 Å². The number of hydrogen-bond acceptors (Lipinski definition) is 4. The lowest BCUT2D eigenvalue weighted by atomic mass is 9.88. The summed E-state index contributed by atoms with van der Waals surface area (Å²) in [7, 11) is 0. The maximum absolute atomic E-state index is 12.0. The molecule has 0 atom stereocenters. The van der Waals surface area contributed by atoms with Crippen molar-refractivity contribution in [1.82, 2.24) is 5.06 Å². The van der Waals surface area contributed by atoms with E-state index in [1.54, 1.807) is 24.3 Å². The van der Waals surface area contributed by atoms with Crippen LogP contribution in [0.2, 0.25) is 5.02 Å². The van der Waals surface area contributed by atoms with Crippen LogP contribution in [0.15, 0.2) is 24.3 Å². The Hall–Kier alpha value is -1.31. The largest absolute Gasteiger partial charge is 0.492 e. The molecule has 1 aliphatic heterocycles. The van der Waals surface area contributed by atoms with Crippen LogP contribution < -0.4 is 0 Å². The molecule has 1 saturated heterocycles. The van der Waals surface area contributed by atoms with E-state index < -0.39 is 17.7 Å². The molecule has 8 heteroatoms. The average molecular weight is 296 g/mol. The number of hydroxylamine groups is 2. The van der Waals surface area contributed by atoms with Gasteiger partial charge in [-0.3, -0.25) is 0 Å². The first kappa shape index (κ1) is 14.1. The minimum absolute atomic E-state index is 0.226. The number of alkyl halides is 3. The number of nitrogens with zero attached hydrogens (tertiary/aromatic N) is 1. The third kappa shape index (κ3) is 2.99. The van der Waals surface area contributed by atoms with Gasteiger partial charge in [0.05, 0.1) is 13.1 Å². The Bertz CT molecular complexity index is 483. The summed E-state index contributed by atoms with van der Waals surface area (Å²) in [5.41, 5.74) is -0.840. The first-order valence-electron chi connectivity index (χ1n) is 5.23. The lowest BCUT2D eigenvalue weighted by Crippen LogP contribution is -2.60. The van der Waals surface area contributed by atoms with Gasteiger partial charge in [0.2, 0.25) is 0 Å². The van der Waals surface area contributed by atoms with Gasteiger partial charge in [0.1, 0.15) is 5.60 Å². The molecule has 2 rings (SSSR count). The zero-order chi connectivity index (χ0) is 14.3. The molecular formula is C11H9ClF3NO3. The Labute approximate surface area is 111 Å². The van der Waals surface area contributed by atoms with Gasteiger partial charge >= 0.3 is 12.1 Å². The number of hydrogen-bond donors (Lipinski definition) is 1. The lowest BCUT2D eigenvalue weighted by molar-refractivity contribution is -0.287. The molecule has 0 amide bonds. The van der Waals surface area contributed by atoms with E-state index in [4.69, 9.17) is 11.6 Å². The highest BCUT2D eigenvalue weighted by atomic mass is 35.5. The van der Waals surface area contributed by atoms with Crippen molar-refractivity contribution < 1.29 is 27.9 Å². The Morgan fingerprint density at radius 2 is 1.84 bits per heavy atom. The second-order valence-corrected chi connectivity index (χ2v) is 4.65. The summed E-state index contributed by atoms with van der Waals surface area (Å²) in [5, 5.41) is 11.3. The maximum Gasteiger partial charge on any atom is 0.492 e. The van der Waals surface area contributed by atoms with Gasteiger partial charge in [0, 0.05) is 5.02 Å². The smallest absolute Gasteiger partial charge is 0.382 e. The van der Waals surface area contributed by atoms with Gasteiger partial charge in [-0.25, -0.2) is 4.79 Å². The highest BCUT2D eigenvalue weighted by Crippen LogP contribution is 2.33. The molecule has 0 radical (unpaired) electrons. The van der Waals surface area contributed by atoms with Crippen LogP contribution in [0.3, 0.4) is 0 Å². The van der Waals surface area contributed by atoms with E-state index >= 15 is 0 Å². The Kier molecular flexibility index (Phi) is 3.46. The third-order valence-corrected chi connectivity index (χ3v) is 2.95. The zero-order valence-electron chi connectivity index (χ0n) is 9.45. The minimum atomic E-state index is -5.05. The number of benzene rings is 1. The fourth-order valence-corrected chi connectivity index (χ4v) is 1.84. The highest BCUT2D eigenvalue weighted by molar-refractivity contribution is 6.30. The Balaban J connectivity index is 1.95. The predicted molar refractivity (Wildman–Crippen MR) is 59.1 cm³/mol. The molecule has 0 saturated carbocycles. The van der Waals surface area contributed by atoms with Crippen LogP contribution in [0.1, 0.15) is 5.56 Å². The van der Waals surface area contributed by atoms with Gasteiger partial charge in [-0.2, -0.15) is 13.2 Å². The van der Waals surface area contributed by atoms with E-state index in [2.05, 4.69) is 4.84 Å². The molecule has 1 aromatic rings. The molecule has 0 aromatic heterocycles. The van der Waals surface area contributed by atoms with E-state index in [1.807, 2.05) is 0 Å². The molecule has 104 valence electrons. The minimum Gasteiger partial charge on any atom is -0.382 e. The number of carbonyl (C=O) groups excluding carboxylic acids is 1.